The number of amides is 3. The van der Waals surface area contributed by atoms with Gasteiger partial charge in [0.2, 0.25) is 0 Å². The van der Waals surface area contributed by atoms with Crippen molar-refractivity contribution in [3.05, 3.63) is 83.8 Å². The lowest BCUT2D eigenvalue weighted by atomic mass is 10.1. The van der Waals surface area contributed by atoms with Crippen LogP contribution in [0.5, 0.6) is 0 Å². The molecule has 0 fully saturated rings. The molecule has 152 valence electrons. The maximum absolute atomic E-state index is 13.4. The summed E-state index contributed by atoms with van der Waals surface area (Å²) in [5.74, 6) is -0.0717. The van der Waals surface area contributed by atoms with E-state index in [2.05, 4.69) is 16.0 Å². The molecule has 8 heteroatoms. The monoisotopic (exact) mass is 407 g/mol. The second kappa shape index (κ2) is 8.12. The van der Waals surface area contributed by atoms with E-state index >= 15 is 0 Å². The van der Waals surface area contributed by atoms with Crippen molar-refractivity contribution in [1.82, 2.24) is 5.32 Å². The van der Waals surface area contributed by atoms with Gasteiger partial charge in [-0.15, -0.1) is 0 Å². The summed E-state index contributed by atoms with van der Waals surface area (Å²) in [5, 5.41) is 8.65. The topological polar surface area (TPSA) is 96.5 Å². The first-order valence-electron chi connectivity index (χ1n) is 9.17. The number of aryl methyl sites for hydroxylation is 1. The normalized spacial score (nSPS) is 10.7. The molecule has 4 rings (SSSR count). The number of furan rings is 2. The van der Waals surface area contributed by atoms with E-state index < -0.39 is 11.7 Å². The van der Waals surface area contributed by atoms with Gasteiger partial charge in [-0.1, -0.05) is 0 Å². The Hall–Kier alpha value is -4.07. The molecule has 30 heavy (non-hydrogen) atoms. The molecule has 2 heterocycles. The van der Waals surface area contributed by atoms with Gasteiger partial charge in [0.05, 0.1) is 12.8 Å². The molecule has 3 N–H and O–H groups in total. The number of carbonyl (C=O) groups excluding carboxylic acids is 2. The van der Waals surface area contributed by atoms with E-state index in [9.17, 15) is 14.0 Å². The van der Waals surface area contributed by atoms with Crippen LogP contribution in [0.15, 0.2) is 69.7 Å². The molecule has 2 aromatic carbocycles. The molecule has 0 unspecified atom stereocenters. The van der Waals surface area contributed by atoms with Crippen molar-refractivity contribution < 1.29 is 22.8 Å². The zero-order chi connectivity index (χ0) is 21.1. The van der Waals surface area contributed by atoms with Gasteiger partial charge in [-0.05, 0) is 61.5 Å². The molecule has 0 aliphatic rings. The van der Waals surface area contributed by atoms with Crippen molar-refractivity contribution in [3.8, 4) is 0 Å². The number of urea groups is 1. The van der Waals surface area contributed by atoms with Crippen LogP contribution in [0.2, 0.25) is 0 Å². The van der Waals surface area contributed by atoms with Gasteiger partial charge in [-0.2, -0.15) is 0 Å². The van der Waals surface area contributed by atoms with Crippen molar-refractivity contribution >= 4 is 34.3 Å². The number of nitrogens with one attached hydrogen (secondary N) is 3. The summed E-state index contributed by atoms with van der Waals surface area (Å²) in [4.78, 5) is 24.5. The largest absolute Gasteiger partial charge is 0.467 e. The number of fused-ring (bicyclic) bond motifs is 1. The van der Waals surface area contributed by atoms with E-state index in [-0.39, 0.29) is 18.3 Å². The van der Waals surface area contributed by atoms with Gasteiger partial charge in [-0.3, -0.25) is 4.79 Å². The lowest BCUT2D eigenvalue weighted by Crippen LogP contribution is -2.27. The molecule has 0 saturated heterocycles. The SMILES string of the molecule is Cc1c(C(=O)Nc2ccc(NC(=O)NCc3ccco3)cc2)oc2ccc(F)cc12. The number of hydrogen-bond acceptors (Lipinski definition) is 4. The fraction of sp³-hybridized carbons (Fsp3) is 0.0909. The highest BCUT2D eigenvalue weighted by atomic mass is 19.1. The van der Waals surface area contributed by atoms with Crippen LogP contribution >= 0.6 is 0 Å². The molecular weight excluding hydrogens is 389 g/mol. The standard InChI is InChI=1S/C22H18FN3O4/c1-13-18-11-14(23)4-9-19(18)30-20(13)21(27)25-15-5-7-16(8-6-15)26-22(28)24-12-17-3-2-10-29-17/h2-11H,12H2,1H3,(H,25,27)(H2,24,26,28). The van der Waals surface area contributed by atoms with Crippen LogP contribution in [-0.2, 0) is 6.54 Å². The minimum Gasteiger partial charge on any atom is -0.467 e. The summed E-state index contributed by atoms with van der Waals surface area (Å²) in [6, 6.07) is 13.8. The quantitative estimate of drug-likeness (QED) is 0.431. The van der Waals surface area contributed by atoms with Crippen LogP contribution in [0.1, 0.15) is 21.9 Å². The molecule has 0 bridgehead atoms. The Morgan fingerprint density at radius 1 is 1.00 bits per heavy atom. The van der Waals surface area contributed by atoms with Crippen molar-refractivity contribution in [1.29, 1.82) is 0 Å². The molecule has 0 atom stereocenters. The summed E-state index contributed by atoms with van der Waals surface area (Å²) in [6.07, 6.45) is 1.53. The molecule has 4 aromatic rings. The van der Waals surface area contributed by atoms with Crippen LogP contribution in [0.25, 0.3) is 11.0 Å². The highest BCUT2D eigenvalue weighted by Crippen LogP contribution is 2.27. The van der Waals surface area contributed by atoms with Crippen molar-refractivity contribution in [2.75, 3.05) is 10.6 Å². The number of carbonyl (C=O) groups is 2. The summed E-state index contributed by atoms with van der Waals surface area (Å²) in [7, 11) is 0. The third-order valence-electron chi connectivity index (χ3n) is 4.51. The Morgan fingerprint density at radius 3 is 2.43 bits per heavy atom. The van der Waals surface area contributed by atoms with Gasteiger partial charge < -0.3 is 24.8 Å². The van der Waals surface area contributed by atoms with Gasteiger partial charge in [0.25, 0.3) is 5.91 Å². The minimum atomic E-state index is -0.444. The maximum atomic E-state index is 13.4. The second-order valence-electron chi connectivity index (χ2n) is 6.62. The lowest BCUT2D eigenvalue weighted by Gasteiger charge is -2.08. The van der Waals surface area contributed by atoms with E-state index in [0.717, 1.165) is 0 Å². The van der Waals surface area contributed by atoms with E-state index in [1.54, 1.807) is 43.3 Å². The van der Waals surface area contributed by atoms with E-state index in [1.165, 1.54) is 24.5 Å². The average molecular weight is 407 g/mol. The van der Waals surface area contributed by atoms with Gasteiger partial charge in [0.15, 0.2) is 5.76 Å². The second-order valence-corrected chi connectivity index (χ2v) is 6.62. The third kappa shape index (κ3) is 4.17. The number of anilines is 2. The Labute approximate surface area is 170 Å². The van der Waals surface area contributed by atoms with Crippen LogP contribution in [0.3, 0.4) is 0 Å². The third-order valence-corrected chi connectivity index (χ3v) is 4.51. The van der Waals surface area contributed by atoms with Crippen LogP contribution in [0, 0.1) is 12.7 Å². The lowest BCUT2D eigenvalue weighted by molar-refractivity contribution is 0.0998. The molecule has 2 aromatic heterocycles. The van der Waals surface area contributed by atoms with Gasteiger partial charge in [0, 0.05) is 22.3 Å². The van der Waals surface area contributed by atoms with Gasteiger partial charge in [-0.25, -0.2) is 9.18 Å². The number of halogens is 1. The molecule has 0 saturated carbocycles. The minimum absolute atomic E-state index is 0.120. The van der Waals surface area contributed by atoms with Crippen molar-refractivity contribution in [3.63, 3.8) is 0 Å². The summed E-state index contributed by atoms with van der Waals surface area (Å²) < 4.78 is 24.2. The summed E-state index contributed by atoms with van der Waals surface area (Å²) in [6.45, 7) is 1.97. The predicted octanol–water partition coefficient (Wildman–Crippen LogP) is 5.05. The molecule has 0 spiro atoms. The zero-order valence-corrected chi connectivity index (χ0v) is 16.0. The van der Waals surface area contributed by atoms with E-state index in [0.29, 0.717) is 33.7 Å². The predicted molar refractivity (Wildman–Crippen MR) is 110 cm³/mol. The Morgan fingerprint density at radius 2 is 1.73 bits per heavy atom. The molecule has 3 amide bonds. The van der Waals surface area contributed by atoms with Gasteiger partial charge in [0.1, 0.15) is 17.2 Å². The Balaban J connectivity index is 1.38. The maximum Gasteiger partial charge on any atom is 0.319 e. The molecular formula is C22H18FN3O4. The van der Waals surface area contributed by atoms with Crippen LogP contribution in [0.4, 0.5) is 20.6 Å². The zero-order valence-electron chi connectivity index (χ0n) is 16.0. The van der Waals surface area contributed by atoms with Crippen molar-refractivity contribution in [2.45, 2.75) is 13.5 Å². The van der Waals surface area contributed by atoms with Gasteiger partial charge >= 0.3 is 6.03 Å². The molecule has 7 nitrogen and oxygen atoms in total. The summed E-state index contributed by atoms with van der Waals surface area (Å²) in [5.41, 5.74) is 2.08. The smallest absolute Gasteiger partial charge is 0.319 e. The van der Waals surface area contributed by atoms with Crippen LogP contribution in [-0.4, -0.2) is 11.9 Å². The number of benzene rings is 2. The molecule has 0 radical (unpaired) electrons. The fourth-order valence-corrected chi connectivity index (χ4v) is 2.99. The fourth-order valence-electron chi connectivity index (χ4n) is 2.99. The van der Waals surface area contributed by atoms with E-state index in [1.807, 2.05) is 0 Å². The van der Waals surface area contributed by atoms with E-state index in [4.69, 9.17) is 8.83 Å². The first kappa shape index (κ1) is 19.3. The number of rotatable bonds is 5. The first-order chi connectivity index (χ1) is 14.5. The van der Waals surface area contributed by atoms with Crippen molar-refractivity contribution in [2.24, 2.45) is 0 Å². The molecule has 0 aliphatic heterocycles. The van der Waals surface area contributed by atoms with Crippen LogP contribution < -0.4 is 16.0 Å². The molecule has 0 aliphatic carbocycles. The highest BCUT2D eigenvalue weighted by Gasteiger charge is 2.18. The highest BCUT2D eigenvalue weighted by molar-refractivity contribution is 6.06. The number of hydrogen-bond donors (Lipinski definition) is 3. The summed E-state index contributed by atoms with van der Waals surface area (Å²) >= 11 is 0. The Bertz CT molecular complexity index is 1200. The average Bonchev–Trinajstić information content (AvgIpc) is 3.36. The Kier molecular flexibility index (Phi) is 5.21. The first-order valence-corrected chi connectivity index (χ1v) is 9.17.